The van der Waals surface area contributed by atoms with E-state index in [1.54, 1.807) is 6.21 Å². The van der Waals surface area contributed by atoms with Crippen LogP contribution in [0.15, 0.2) is 17.2 Å². The highest BCUT2D eigenvalue weighted by molar-refractivity contribution is 7.80. The zero-order valence-corrected chi connectivity index (χ0v) is 15.5. The van der Waals surface area contributed by atoms with Crippen LogP contribution in [0.25, 0.3) is 0 Å². The van der Waals surface area contributed by atoms with Crippen LogP contribution in [-0.2, 0) is 11.2 Å². The Labute approximate surface area is 153 Å². The van der Waals surface area contributed by atoms with Gasteiger partial charge in [0.15, 0.2) is 5.11 Å². The van der Waals surface area contributed by atoms with Gasteiger partial charge in [0, 0.05) is 30.7 Å². The van der Waals surface area contributed by atoms with E-state index >= 15 is 0 Å². The highest BCUT2D eigenvalue weighted by atomic mass is 32.1. The van der Waals surface area contributed by atoms with E-state index in [2.05, 4.69) is 22.8 Å². The minimum absolute atomic E-state index is 0.198. The second kappa shape index (κ2) is 8.49. The Morgan fingerprint density at radius 2 is 2.36 bits per heavy atom. The molecule has 7 heteroatoms. The molecule has 0 amide bonds. The molecule has 1 aromatic rings. The first kappa shape index (κ1) is 17.9. The maximum atomic E-state index is 5.81. The van der Waals surface area contributed by atoms with Crippen molar-refractivity contribution in [2.45, 2.75) is 45.3 Å². The third-order valence-electron chi connectivity index (χ3n) is 4.21. The van der Waals surface area contributed by atoms with Gasteiger partial charge in [0.05, 0.1) is 18.9 Å². The molecule has 0 unspecified atom stereocenters. The molecule has 0 bridgehead atoms. The van der Waals surface area contributed by atoms with Gasteiger partial charge < -0.3 is 19.5 Å². The van der Waals surface area contributed by atoms with Crippen LogP contribution >= 0.6 is 12.2 Å². The molecular formula is C18H25N3O3S. The Balaban J connectivity index is 1.58. The van der Waals surface area contributed by atoms with Crippen LogP contribution in [0.2, 0.25) is 0 Å². The first-order valence-corrected chi connectivity index (χ1v) is 9.21. The first-order chi connectivity index (χ1) is 12.2. The van der Waals surface area contributed by atoms with E-state index < -0.39 is 0 Å². The monoisotopic (exact) mass is 363 g/mol. The number of hydrogen-bond acceptors (Lipinski definition) is 5. The van der Waals surface area contributed by atoms with Gasteiger partial charge in [-0.3, -0.25) is 5.43 Å². The number of ether oxygens (including phenoxy) is 3. The number of benzene rings is 1. The predicted octanol–water partition coefficient (Wildman–Crippen LogP) is 2.39. The minimum Gasteiger partial charge on any atom is -0.493 e. The zero-order chi connectivity index (χ0) is 17.6. The number of hydrazone groups is 1. The molecule has 0 radical (unpaired) electrons. The summed E-state index contributed by atoms with van der Waals surface area (Å²) in [7, 11) is 0. The van der Waals surface area contributed by atoms with E-state index in [0.717, 1.165) is 42.9 Å². The number of rotatable bonds is 6. The molecule has 6 nitrogen and oxygen atoms in total. The van der Waals surface area contributed by atoms with Crippen molar-refractivity contribution in [2.24, 2.45) is 5.10 Å². The summed E-state index contributed by atoms with van der Waals surface area (Å²) < 4.78 is 17.1. The summed E-state index contributed by atoms with van der Waals surface area (Å²) in [6.45, 7) is 6.17. The van der Waals surface area contributed by atoms with Gasteiger partial charge in [0.1, 0.15) is 17.6 Å². The highest BCUT2D eigenvalue weighted by Gasteiger charge is 2.21. The molecule has 2 atom stereocenters. The van der Waals surface area contributed by atoms with E-state index in [9.17, 15) is 0 Å². The van der Waals surface area contributed by atoms with Crippen LogP contribution in [0.1, 0.15) is 37.8 Å². The van der Waals surface area contributed by atoms with E-state index in [-0.39, 0.29) is 12.2 Å². The number of fused-ring (bicyclic) bond motifs is 1. The second-order valence-corrected chi connectivity index (χ2v) is 6.69. The molecule has 2 heterocycles. The van der Waals surface area contributed by atoms with E-state index in [4.69, 9.17) is 26.4 Å². The summed E-state index contributed by atoms with van der Waals surface area (Å²) in [5.74, 6) is 1.71. The van der Waals surface area contributed by atoms with Crippen molar-refractivity contribution >= 4 is 23.5 Å². The third-order valence-corrected chi connectivity index (χ3v) is 4.45. The van der Waals surface area contributed by atoms with Crippen LogP contribution in [0.5, 0.6) is 11.5 Å². The lowest BCUT2D eigenvalue weighted by molar-refractivity contribution is 0.114. The molecule has 25 heavy (non-hydrogen) atoms. The molecule has 0 spiro atoms. The maximum Gasteiger partial charge on any atom is 0.187 e. The average molecular weight is 363 g/mol. The minimum atomic E-state index is 0.198. The van der Waals surface area contributed by atoms with Crippen molar-refractivity contribution < 1.29 is 14.2 Å². The number of hydrogen-bond donors (Lipinski definition) is 2. The van der Waals surface area contributed by atoms with Crippen LogP contribution in [0, 0.1) is 0 Å². The topological polar surface area (TPSA) is 64.1 Å². The van der Waals surface area contributed by atoms with Crippen molar-refractivity contribution in [3.05, 3.63) is 23.3 Å². The molecule has 2 N–H and O–H groups in total. The Bertz CT molecular complexity index is 645. The second-order valence-electron chi connectivity index (χ2n) is 6.28. The van der Waals surface area contributed by atoms with Crippen molar-refractivity contribution in [3.63, 3.8) is 0 Å². The van der Waals surface area contributed by atoms with Gasteiger partial charge in [-0.1, -0.05) is 0 Å². The van der Waals surface area contributed by atoms with Gasteiger partial charge >= 0.3 is 0 Å². The Morgan fingerprint density at radius 1 is 1.48 bits per heavy atom. The molecule has 1 aromatic carbocycles. The Kier molecular flexibility index (Phi) is 6.09. The lowest BCUT2D eigenvalue weighted by atomic mass is 10.1. The van der Waals surface area contributed by atoms with Crippen LogP contribution < -0.4 is 20.2 Å². The van der Waals surface area contributed by atoms with Crippen LogP contribution in [0.3, 0.4) is 0 Å². The van der Waals surface area contributed by atoms with Gasteiger partial charge in [-0.2, -0.15) is 5.10 Å². The number of nitrogens with zero attached hydrogens (tertiary/aromatic N) is 1. The molecule has 2 aliphatic rings. The van der Waals surface area contributed by atoms with Gasteiger partial charge in [-0.05, 0) is 51.0 Å². The fourth-order valence-electron chi connectivity index (χ4n) is 3.05. The van der Waals surface area contributed by atoms with Gasteiger partial charge in [0.25, 0.3) is 0 Å². The van der Waals surface area contributed by atoms with Crippen molar-refractivity contribution in [1.29, 1.82) is 0 Å². The van der Waals surface area contributed by atoms with Gasteiger partial charge in [-0.25, -0.2) is 0 Å². The van der Waals surface area contributed by atoms with Crippen LogP contribution in [-0.4, -0.2) is 43.3 Å². The smallest absolute Gasteiger partial charge is 0.187 e. The molecule has 1 saturated heterocycles. The normalized spacial score (nSPS) is 21.8. The lowest BCUT2D eigenvalue weighted by Gasteiger charge is -2.12. The Morgan fingerprint density at radius 3 is 3.12 bits per heavy atom. The summed E-state index contributed by atoms with van der Waals surface area (Å²) >= 11 is 5.24. The number of thiocarbonyl (C=S) groups is 1. The van der Waals surface area contributed by atoms with Crippen LogP contribution in [0.4, 0.5) is 0 Å². The molecular weight excluding hydrogens is 338 g/mol. The third kappa shape index (κ3) is 4.83. The summed E-state index contributed by atoms with van der Waals surface area (Å²) in [5, 5.41) is 7.83. The highest BCUT2D eigenvalue weighted by Crippen LogP contribution is 2.34. The Hall–Kier alpha value is -1.86. The van der Waals surface area contributed by atoms with E-state index in [1.165, 1.54) is 5.56 Å². The SMILES string of the molecule is CCOc1cc2c(cc1/C=N\NC(=S)NC[C@H]1CCCO1)O[C@@H](C)C2. The quantitative estimate of drug-likeness (QED) is 0.460. The summed E-state index contributed by atoms with van der Waals surface area (Å²) in [6.07, 6.45) is 5.24. The summed E-state index contributed by atoms with van der Waals surface area (Å²) in [6, 6.07) is 4.01. The first-order valence-electron chi connectivity index (χ1n) is 8.80. The van der Waals surface area contributed by atoms with Gasteiger partial charge in [0.2, 0.25) is 0 Å². The average Bonchev–Trinajstić information content (AvgIpc) is 3.21. The van der Waals surface area contributed by atoms with Gasteiger partial charge in [-0.15, -0.1) is 0 Å². The standard InChI is InChI=1S/C18H25N3O3S/c1-3-22-16-8-13-7-12(2)24-17(13)9-14(16)10-20-21-18(25)19-11-15-5-4-6-23-15/h8-10,12,15H,3-7,11H2,1-2H3,(H2,19,21,25)/b20-10-/t12-,15+/m0/s1. The largest absolute Gasteiger partial charge is 0.493 e. The molecule has 0 aromatic heterocycles. The zero-order valence-electron chi connectivity index (χ0n) is 14.7. The fourth-order valence-corrected chi connectivity index (χ4v) is 3.18. The molecule has 3 rings (SSSR count). The van der Waals surface area contributed by atoms with E-state index in [1.807, 2.05) is 19.1 Å². The molecule has 0 saturated carbocycles. The number of nitrogens with one attached hydrogen (secondary N) is 2. The predicted molar refractivity (Wildman–Crippen MR) is 102 cm³/mol. The van der Waals surface area contributed by atoms with Crippen molar-refractivity contribution in [3.8, 4) is 11.5 Å². The molecule has 1 fully saturated rings. The molecule has 2 aliphatic heterocycles. The molecule has 0 aliphatic carbocycles. The maximum absolute atomic E-state index is 5.81. The lowest BCUT2D eigenvalue weighted by Crippen LogP contribution is -2.37. The summed E-state index contributed by atoms with van der Waals surface area (Å²) in [4.78, 5) is 0. The van der Waals surface area contributed by atoms with E-state index in [0.29, 0.717) is 18.3 Å². The van der Waals surface area contributed by atoms with Crippen molar-refractivity contribution in [1.82, 2.24) is 10.7 Å². The molecule has 136 valence electrons. The fraction of sp³-hybridized carbons (Fsp3) is 0.556. The van der Waals surface area contributed by atoms with Crippen molar-refractivity contribution in [2.75, 3.05) is 19.8 Å². The summed E-state index contributed by atoms with van der Waals surface area (Å²) in [5.41, 5.74) is 4.88.